The summed E-state index contributed by atoms with van der Waals surface area (Å²) in [6.07, 6.45) is 3.61. The van der Waals surface area contributed by atoms with E-state index in [9.17, 15) is 8.42 Å². The fraction of sp³-hybridized carbons (Fsp3) is 0.583. The Morgan fingerprint density at radius 1 is 1.09 bits per heavy atom. The van der Waals surface area contributed by atoms with E-state index >= 15 is 0 Å². The number of ether oxygens (including phenoxy) is 2. The predicted octanol–water partition coefficient (Wildman–Crippen LogP) is 3.51. The Labute approximate surface area is 191 Å². The molecule has 3 heterocycles. The summed E-state index contributed by atoms with van der Waals surface area (Å²) >= 11 is 0. The standard InChI is InChI=1S/C24H33N3O4S/c1-4-18-5-7-20(8-6-18)32(28,29)27-13-9-19(10-14-27)31-24-21-11-15-30-16-12-22(21)25-23(26-24)17(2)3/h5-8,17,19H,4,9-16H2,1-3H3. The third kappa shape index (κ3) is 4.97. The van der Waals surface area contributed by atoms with Gasteiger partial charge in [-0.3, -0.25) is 0 Å². The van der Waals surface area contributed by atoms with Crippen LogP contribution in [0.2, 0.25) is 0 Å². The molecule has 7 nitrogen and oxygen atoms in total. The zero-order valence-corrected chi connectivity index (χ0v) is 20.0. The summed E-state index contributed by atoms with van der Waals surface area (Å²) in [6, 6.07) is 7.20. The molecule has 1 saturated heterocycles. The topological polar surface area (TPSA) is 81.6 Å². The molecule has 0 radical (unpaired) electrons. The molecule has 8 heteroatoms. The van der Waals surface area contributed by atoms with Gasteiger partial charge in [0.05, 0.1) is 23.8 Å². The van der Waals surface area contributed by atoms with Crippen molar-refractivity contribution in [2.45, 2.75) is 69.8 Å². The lowest BCUT2D eigenvalue weighted by molar-refractivity contribution is 0.126. The zero-order chi connectivity index (χ0) is 22.7. The highest BCUT2D eigenvalue weighted by molar-refractivity contribution is 7.89. The van der Waals surface area contributed by atoms with Crippen molar-refractivity contribution in [3.63, 3.8) is 0 Å². The first-order valence-electron chi connectivity index (χ1n) is 11.6. The molecule has 0 atom stereocenters. The smallest absolute Gasteiger partial charge is 0.243 e. The van der Waals surface area contributed by atoms with Crippen LogP contribution in [0.5, 0.6) is 5.88 Å². The van der Waals surface area contributed by atoms with Crippen LogP contribution in [0.1, 0.15) is 62.2 Å². The number of rotatable bonds is 6. The second-order valence-corrected chi connectivity index (χ2v) is 10.7. The highest BCUT2D eigenvalue weighted by atomic mass is 32.2. The van der Waals surface area contributed by atoms with Crippen molar-refractivity contribution < 1.29 is 17.9 Å². The van der Waals surface area contributed by atoms with Gasteiger partial charge in [-0.25, -0.2) is 13.4 Å². The second-order valence-electron chi connectivity index (χ2n) is 8.80. The van der Waals surface area contributed by atoms with Gasteiger partial charge >= 0.3 is 0 Å². The van der Waals surface area contributed by atoms with Crippen molar-refractivity contribution >= 4 is 10.0 Å². The minimum atomic E-state index is -3.48. The Balaban J connectivity index is 1.46. The number of benzene rings is 1. The molecule has 174 valence electrons. The Hall–Kier alpha value is -2.03. The molecule has 0 amide bonds. The molecule has 2 aliphatic heterocycles. The van der Waals surface area contributed by atoms with Crippen molar-refractivity contribution in [1.82, 2.24) is 14.3 Å². The van der Waals surface area contributed by atoms with Gasteiger partial charge in [0.2, 0.25) is 15.9 Å². The van der Waals surface area contributed by atoms with E-state index in [-0.39, 0.29) is 12.0 Å². The lowest BCUT2D eigenvalue weighted by Crippen LogP contribution is -2.41. The Morgan fingerprint density at radius 3 is 2.44 bits per heavy atom. The molecule has 1 aromatic carbocycles. The van der Waals surface area contributed by atoms with Gasteiger partial charge in [-0.05, 0) is 37.0 Å². The first kappa shape index (κ1) is 23.1. The van der Waals surface area contributed by atoms with E-state index < -0.39 is 10.0 Å². The maximum atomic E-state index is 13.1. The van der Waals surface area contributed by atoms with Gasteiger partial charge in [-0.2, -0.15) is 9.29 Å². The quantitative estimate of drug-likeness (QED) is 0.658. The Kier molecular flexibility index (Phi) is 7.12. The number of aryl methyl sites for hydroxylation is 1. The summed E-state index contributed by atoms with van der Waals surface area (Å²) < 4.78 is 39.7. The van der Waals surface area contributed by atoms with Crippen LogP contribution in [-0.4, -0.2) is 55.1 Å². The van der Waals surface area contributed by atoms with Crippen LogP contribution >= 0.6 is 0 Å². The van der Waals surface area contributed by atoms with Gasteiger partial charge < -0.3 is 9.47 Å². The fourth-order valence-corrected chi connectivity index (χ4v) is 5.65. The highest BCUT2D eigenvalue weighted by Gasteiger charge is 2.31. The average Bonchev–Trinajstić information content (AvgIpc) is 3.05. The maximum absolute atomic E-state index is 13.1. The van der Waals surface area contributed by atoms with Gasteiger partial charge in [0.25, 0.3) is 0 Å². The van der Waals surface area contributed by atoms with Crippen LogP contribution < -0.4 is 4.74 Å². The Bertz CT molecular complexity index is 1030. The summed E-state index contributed by atoms with van der Waals surface area (Å²) in [5.41, 5.74) is 3.19. The van der Waals surface area contributed by atoms with E-state index in [2.05, 4.69) is 20.8 Å². The van der Waals surface area contributed by atoms with E-state index in [0.29, 0.717) is 49.9 Å². The molecule has 0 N–H and O–H groups in total. The number of hydrogen-bond donors (Lipinski definition) is 0. The SMILES string of the molecule is CCc1ccc(S(=O)(=O)N2CCC(Oc3nc(C(C)C)nc4c3CCOCC4)CC2)cc1. The molecule has 2 aliphatic rings. The van der Waals surface area contributed by atoms with Crippen LogP contribution in [0.3, 0.4) is 0 Å². The largest absolute Gasteiger partial charge is 0.474 e. The number of piperidine rings is 1. The van der Waals surface area contributed by atoms with Crippen molar-refractivity contribution in [3.8, 4) is 5.88 Å². The average molecular weight is 460 g/mol. The molecule has 0 bridgehead atoms. The highest BCUT2D eigenvalue weighted by Crippen LogP contribution is 2.29. The molecule has 32 heavy (non-hydrogen) atoms. The monoisotopic (exact) mass is 459 g/mol. The normalized spacial score (nSPS) is 18.4. The zero-order valence-electron chi connectivity index (χ0n) is 19.2. The van der Waals surface area contributed by atoms with E-state index in [0.717, 1.165) is 41.9 Å². The van der Waals surface area contributed by atoms with E-state index in [1.165, 1.54) is 0 Å². The lowest BCUT2D eigenvalue weighted by atomic mass is 10.1. The predicted molar refractivity (Wildman–Crippen MR) is 123 cm³/mol. The molecule has 0 unspecified atom stereocenters. The molecule has 0 spiro atoms. The number of hydrogen-bond acceptors (Lipinski definition) is 6. The van der Waals surface area contributed by atoms with Gasteiger partial charge in [0.15, 0.2) is 0 Å². The Morgan fingerprint density at radius 2 is 1.78 bits per heavy atom. The minimum Gasteiger partial charge on any atom is -0.474 e. The lowest BCUT2D eigenvalue weighted by Gasteiger charge is -2.31. The van der Waals surface area contributed by atoms with Gasteiger partial charge in [0, 0.05) is 37.4 Å². The van der Waals surface area contributed by atoms with E-state index in [1.807, 2.05) is 12.1 Å². The van der Waals surface area contributed by atoms with Crippen molar-refractivity contribution in [2.24, 2.45) is 0 Å². The van der Waals surface area contributed by atoms with E-state index in [4.69, 9.17) is 19.4 Å². The molecule has 4 rings (SSSR count). The fourth-order valence-electron chi connectivity index (χ4n) is 4.18. The van der Waals surface area contributed by atoms with Crippen LogP contribution in [-0.2, 0) is 34.0 Å². The maximum Gasteiger partial charge on any atom is 0.243 e. The molecule has 2 aromatic rings. The van der Waals surface area contributed by atoms with Crippen molar-refractivity contribution in [2.75, 3.05) is 26.3 Å². The molecule has 0 aliphatic carbocycles. The summed E-state index contributed by atoms with van der Waals surface area (Å²) in [6.45, 7) is 8.40. The molecule has 1 fully saturated rings. The first-order valence-corrected chi connectivity index (χ1v) is 13.1. The van der Waals surface area contributed by atoms with Gasteiger partial charge in [-0.15, -0.1) is 0 Å². The van der Waals surface area contributed by atoms with Crippen LogP contribution in [0.15, 0.2) is 29.2 Å². The van der Waals surface area contributed by atoms with Gasteiger partial charge in [0.1, 0.15) is 11.9 Å². The minimum absolute atomic E-state index is 0.0629. The van der Waals surface area contributed by atoms with E-state index in [1.54, 1.807) is 16.4 Å². The summed E-state index contributed by atoms with van der Waals surface area (Å²) in [4.78, 5) is 9.85. The second kappa shape index (κ2) is 9.85. The van der Waals surface area contributed by atoms with Crippen LogP contribution in [0, 0.1) is 0 Å². The number of nitrogens with zero attached hydrogens (tertiary/aromatic N) is 3. The summed E-state index contributed by atoms with van der Waals surface area (Å²) in [5, 5.41) is 0. The van der Waals surface area contributed by atoms with Crippen molar-refractivity contribution in [1.29, 1.82) is 0 Å². The first-order chi connectivity index (χ1) is 15.4. The third-order valence-corrected chi connectivity index (χ3v) is 8.13. The summed E-state index contributed by atoms with van der Waals surface area (Å²) in [5.74, 6) is 1.65. The van der Waals surface area contributed by atoms with Crippen LogP contribution in [0.4, 0.5) is 0 Å². The van der Waals surface area contributed by atoms with Gasteiger partial charge in [-0.1, -0.05) is 32.9 Å². The number of fused-ring (bicyclic) bond motifs is 1. The third-order valence-electron chi connectivity index (χ3n) is 6.22. The van der Waals surface area contributed by atoms with Crippen molar-refractivity contribution in [3.05, 3.63) is 46.9 Å². The van der Waals surface area contributed by atoms with Crippen LogP contribution in [0.25, 0.3) is 0 Å². The molecule has 0 saturated carbocycles. The molecule has 1 aromatic heterocycles. The number of sulfonamides is 1. The molecular formula is C24H33N3O4S. The summed E-state index contributed by atoms with van der Waals surface area (Å²) in [7, 11) is -3.48. The molecular weight excluding hydrogens is 426 g/mol. The number of aromatic nitrogens is 2.